The summed E-state index contributed by atoms with van der Waals surface area (Å²) in [6.07, 6.45) is 3.18. The van der Waals surface area contributed by atoms with Gasteiger partial charge in [-0.1, -0.05) is 11.6 Å². The summed E-state index contributed by atoms with van der Waals surface area (Å²) in [6.45, 7) is 2.02. The van der Waals surface area contributed by atoms with E-state index in [0.29, 0.717) is 5.82 Å². The normalized spacial score (nSPS) is 10.1. The lowest BCUT2D eigenvalue weighted by Gasteiger charge is -2.08. The van der Waals surface area contributed by atoms with Gasteiger partial charge in [0.15, 0.2) is 0 Å². The third-order valence-electron chi connectivity index (χ3n) is 2.30. The number of hydrogen-bond donors (Lipinski definition) is 1. The minimum Gasteiger partial charge on any atom is -0.496 e. The number of methoxy groups -OCH3 is 1. The molecule has 2 N–H and O–H groups in total. The zero-order valence-corrected chi connectivity index (χ0v) is 9.27. The summed E-state index contributed by atoms with van der Waals surface area (Å²) in [7, 11) is 1.64. The number of nitrogen functional groups attached to an aromatic ring is 1. The molecule has 16 heavy (non-hydrogen) atoms. The third-order valence-corrected chi connectivity index (χ3v) is 2.30. The molecular formula is C12H13N3O. The first-order chi connectivity index (χ1) is 7.70. The minimum atomic E-state index is 0.412. The standard InChI is InChI=1S/C12H13N3O/c1-8-3-4-11(16-2)9(5-8)10-6-15-12(13)7-14-10/h3-7H,1-2H3,(H2,13,15). The van der Waals surface area contributed by atoms with Gasteiger partial charge in [0.05, 0.1) is 25.2 Å². The van der Waals surface area contributed by atoms with Crippen molar-refractivity contribution in [2.75, 3.05) is 12.8 Å². The van der Waals surface area contributed by atoms with Crippen molar-refractivity contribution in [2.45, 2.75) is 6.92 Å². The molecule has 4 nitrogen and oxygen atoms in total. The van der Waals surface area contributed by atoms with Crippen LogP contribution >= 0.6 is 0 Å². The van der Waals surface area contributed by atoms with E-state index in [1.807, 2.05) is 25.1 Å². The van der Waals surface area contributed by atoms with E-state index in [1.54, 1.807) is 13.3 Å². The Morgan fingerprint density at radius 2 is 2.00 bits per heavy atom. The van der Waals surface area contributed by atoms with Gasteiger partial charge in [-0.2, -0.15) is 0 Å². The van der Waals surface area contributed by atoms with Crippen LogP contribution in [0, 0.1) is 6.92 Å². The molecule has 1 heterocycles. The van der Waals surface area contributed by atoms with Gasteiger partial charge in [-0.15, -0.1) is 0 Å². The summed E-state index contributed by atoms with van der Waals surface area (Å²) in [5.41, 5.74) is 8.33. The van der Waals surface area contributed by atoms with Crippen LogP contribution in [0.15, 0.2) is 30.6 Å². The molecule has 4 heteroatoms. The van der Waals surface area contributed by atoms with Crippen molar-refractivity contribution < 1.29 is 4.74 Å². The second kappa shape index (κ2) is 4.18. The van der Waals surface area contributed by atoms with Crippen LogP contribution < -0.4 is 10.5 Å². The van der Waals surface area contributed by atoms with Gasteiger partial charge in [-0.3, -0.25) is 4.98 Å². The molecule has 2 aromatic rings. The molecule has 0 atom stereocenters. The Hall–Kier alpha value is -2.10. The van der Waals surface area contributed by atoms with Crippen LogP contribution in [0.5, 0.6) is 5.75 Å². The van der Waals surface area contributed by atoms with Crippen LogP contribution in [0.2, 0.25) is 0 Å². The van der Waals surface area contributed by atoms with Crippen molar-refractivity contribution in [1.82, 2.24) is 9.97 Å². The third kappa shape index (κ3) is 1.95. The van der Waals surface area contributed by atoms with Gasteiger partial charge < -0.3 is 10.5 Å². The molecule has 0 radical (unpaired) electrons. The zero-order valence-electron chi connectivity index (χ0n) is 9.27. The topological polar surface area (TPSA) is 61.0 Å². The molecule has 0 unspecified atom stereocenters. The van der Waals surface area contributed by atoms with Crippen LogP contribution in [0.25, 0.3) is 11.3 Å². The van der Waals surface area contributed by atoms with Crippen LogP contribution in [-0.2, 0) is 0 Å². The number of ether oxygens (including phenoxy) is 1. The lowest BCUT2D eigenvalue weighted by atomic mass is 10.1. The Bertz CT molecular complexity index is 494. The largest absolute Gasteiger partial charge is 0.496 e. The molecule has 0 saturated carbocycles. The predicted molar refractivity (Wildman–Crippen MR) is 63.2 cm³/mol. The number of benzene rings is 1. The van der Waals surface area contributed by atoms with Crippen LogP contribution in [0.4, 0.5) is 5.82 Å². The first-order valence-corrected chi connectivity index (χ1v) is 4.93. The fraction of sp³-hybridized carbons (Fsp3) is 0.167. The summed E-state index contributed by atoms with van der Waals surface area (Å²) in [5, 5.41) is 0. The summed E-state index contributed by atoms with van der Waals surface area (Å²) in [5.74, 6) is 1.19. The number of nitrogens with zero attached hydrogens (tertiary/aromatic N) is 2. The smallest absolute Gasteiger partial charge is 0.141 e. The number of hydrogen-bond acceptors (Lipinski definition) is 4. The minimum absolute atomic E-state index is 0.412. The molecule has 0 amide bonds. The van der Waals surface area contributed by atoms with E-state index in [4.69, 9.17) is 10.5 Å². The zero-order chi connectivity index (χ0) is 11.5. The first-order valence-electron chi connectivity index (χ1n) is 4.93. The molecule has 0 bridgehead atoms. The molecule has 0 saturated heterocycles. The highest BCUT2D eigenvalue weighted by Gasteiger charge is 2.07. The van der Waals surface area contributed by atoms with Gasteiger partial charge in [0.2, 0.25) is 0 Å². The Morgan fingerprint density at radius 1 is 1.19 bits per heavy atom. The van der Waals surface area contributed by atoms with Gasteiger partial charge in [-0.05, 0) is 19.1 Å². The molecule has 82 valence electrons. The number of anilines is 1. The van der Waals surface area contributed by atoms with Gasteiger partial charge in [0, 0.05) is 5.56 Å². The van der Waals surface area contributed by atoms with Gasteiger partial charge in [-0.25, -0.2) is 4.98 Å². The number of aryl methyl sites for hydroxylation is 1. The quantitative estimate of drug-likeness (QED) is 0.832. The van der Waals surface area contributed by atoms with Crippen LogP contribution in [0.1, 0.15) is 5.56 Å². The van der Waals surface area contributed by atoms with E-state index in [9.17, 15) is 0 Å². The second-order valence-electron chi connectivity index (χ2n) is 3.53. The second-order valence-corrected chi connectivity index (χ2v) is 3.53. The molecule has 1 aromatic heterocycles. The fourth-order valence-electron chi connectivity index (χ4n) is 1.50. The summed E-state index contributed by atoms with van der Waals surface area (Å²) in [4.78, 5) is 8.25. The van der Waals surface area contributed by atoms with Crippen molar-refractivity contribution in [1.29, 1.82) is 0 Å². The number of aromatic nitrogens is 2. The van der Waals surface area contributed by atoms with E-state index in [0.717, 1.165) is 22.6 Å². The van der Waals surface area contributed by atoms with E-state index < -0.39 is 0 Å². The Kier molecular flexibility index (Phi) is 2.72. The van der Waals surface area contributed by atoms with Crippen molar-refractivity contribution in [2.24, 2.45) is 0 Å². The summed E-state index contributed by atoms with van der Waals surface area (Å²) < 4.78 is 5.29. The van der Waals surface area contributed by atoms with E-state index in [2.05, 4.69) is 9.97 Å². The molecule has 0 aliphatic carbocycles. The van der Waals surface area contributed by atoms with Crippen molar-refractivity contribution >= 4 is 5.82 Å². The maximum absolute atomic E-state index is 5.50. The lowest BCUT2D eigenvalue weighted by molar-refractivity contribution is 0.416. The van der Waals surface area contributed by atoms with Crippen LogP contribution in [0.3, 0.4) is 0 Å². The van der Waals surface area contributed by atoms with Gasteiger partial charge in [0.25, 0.3) is 0 Å². The highest BCUT2D eigenvalue weighted by Crippen LogP contribution is 2.28. The average molecular weight is 215 g/mol. The van der Waals surface area contributed by atoms with Crippen molar-refractivity contribution in [3.8, 4) is 17.0 Å². The van der Waals surface area contributed by atoms with Crippen molar-refractivity contribution in [3.63, 3.8) is 0 Å². The Balaban J connectivity index is 2.53. The van der Waals surface area contributed by atoms with E-state index >= 15 is 0 Å². The molecular weight excluding hydrogens is 202 g/mol. The maximum atomic E-state index is 5.50. The molecule has 0 fully saturated rings. The Labute approximate surface area is 94.1 Å². The number of rotatable bonds is 2. The molecule has 0 aliphatic heterocycles. The molecule has 0 aliphatic rings. The Morgan fingerprint density at radius 3 is 2.62 bits per heavy atom. The molecule has 1 aromatic carbocycles. The SMILES string of the molecule is COc1ccc(C)cc1-c1cnc(N)cn1. The van der Waals surface area contributed by atoms with E-state index in [-0.39, 0.29) is 0 Å². The average Bonchev–Trinajstić information content (AvgIpc) is 2.30. The maximum Gasteiger partial charge on any atom is 0.141 e. The van der Waals surface area contributed by atoms with Crippen LogP contribution in [-0.4, -0.2) is 17.1 Å². The highest BCUT2D eigenvalue weighted by molar-refractivity contribution is 5.67. The van der Waals surface area contributed by atoms with Gasteiger partial charge >= 0.3 is 0 Å². The van der Waals surface area contributed by atoms with Crippen molar-refractivity contribution in [3.05, 3.63) is 36.2 Å². The molecule has 0 spiro atoms. The highest BCUT2D eigenvalue weighted by atomic mass is 16.5. The summed E-state index contributed by atoms with van der Waals surface area (Å²) >= 11 is 0. The van der Waals surface area contributed by atoms with Gasteiger partial charge in [0.1, 0.15) is 11.6 Å². The molecule has 2 rings (SSSR count). The monoisotopic (exact) mass is 215 g/mol. The fourth-order valence-corrected chi connectivity index (χ4v) is 1.50. The first kappa shape index (κ1) is 10.4. The summed E-state index contributed by atoms with van der Waals surface area (Å²) in [6, 6.07) is 5.93. The number of nitrogens with two attached hydrogens (primary N) is 1. The predicted octanol–water partition coefficient (Wildman–Crippen LogP) is 2.04. The lowest BCUT2D eigenvalue weighted by Crippen LogP contribution is -1.94. The van der Waals surface area contributed by atoms with E-state index in [1.165, 1.54) is 6.20 Å².